The first-order valence-corrected chi connectivity index (χ1v) is 8.80. The number of aromatic nitrogens is 6. The van der Waals surface area contributed by atoms with Crippen molar-refractivity contribution >= 4 is 22.7 Å². The van der Waals surface area contributed by atoms with Crippen molar-refractivity contribution in [1.82, 2.24) is 29.9 Å². The van der Waals surface area contributed by atoms with Gasteiger partial charge < -0.3 is 14.2 Å². The van der Waals surface area contributed by atoms with Crippen LogP contribution in [0.1, 0.15) is 0 Å². The Balaban J connectivity index is 1.31. The van der Waals surface area contributed by atoms with E-state index in [1.807, 2.05) is 37.5 Å². The molecule has 4 aromatic rings. The normalized spacial score (nSPS) is 14.9. The summed E-state index contributed by atoms with van der Waals surface area (Å²) in [4.78, 5) is 13.3. The van der Waals surface area contributed by atoms with E-state index in [0.29, 0.717) is 0 Å². The van der Waals surface area contributed by atoms with E-state index >= 15 is 0 Å². The third-order valence-corrected chi connectivity index (χ3v) is 4.84. The highest BCUT2D eigenvalue weighted by molar-refractivity contribution is 5.86. The lowest BCUT2D eigenvalue weighted by atomic mass is 10.2. The van der Waals surface area contributed by atoms with Crippen LogP contribution in [0.5, 0.6) is 0 Å². The predicted octanol–water partition coefficient (Wildman–Crippen LogP) is 1.74. The highest BCUT2D eigenvalue weighted by Crippen LogP contribution is 2.24. The molecular weight excluding hydrogens is 344 g/mol. The van der Waals surface area contributed by atoms with Gasteiger partial charge in [-0.2, -0.15) is 5.10 Å². The SMILES string of the molecule is Cn1ncc2c(N3CCN(c4ccc(-c5ccco5)nn4)CC3)ncnc21. The highest BCUT2D eigenvalue weighted by atomic mass is 16.3. The molecule has 1 fully saturated rings. The van der Waals surface area contributed by atoms with E-state index in [-0.39, 0.29) is 0 Å². The summed E-state index contributed by atoms with van der Waals surface area (Å²) in [7, 11) is 1.89. The molecule has 0 N–H and O–H groups in total. The zero-order chi connectivity index (χ0) is 18.2. The van der Waals surface area contributed by atoms with E-state index in [1.165, 1.54) is 0 Å². The summed E-state index contributed by atoms with van der Waals surface area (Å²) >= 11 is 0. The van der Waals surface area contributed by atoms with Gasteiger partial charge in [0.25, 0.3) is 0 Å². The van der Waals surface area contributed by atoms with Crippen molar-refractivity contribution in [3.63, 3.8) is 0 Å². The highest BCUT2D eigenvalue weighted by Gasteiger charge is 2.22. The van der Waals surface area contributed by atoms with Gasteiger partial charge in [-0.15, -0.1) is 10.2 Å². The number of fused-ring (bicyclic) bond motifs is 1. The van der Waals surface area contributed by atoms with Crippen molar-refractivity contribution in [2.24, 2.45) is 7.05 Å². The third-order valence-electron chi connectivity index (χ3n) is 4.84. The lowest BCUT2D eigenvalue weighted by Crippen LogP contribution is -2.47. The summed E-state index contributed by atoms with van der Waals surface area (Å²) in [6.45, 7) is 3.40. The Bertz CT molecular complexity index is 1050. The molecule has 0 saturated carbocycles. The van der Waals surface area contributed by atoms with Crippen molar-refractivity contribution in [2.75, 3.05) is 36.0 Å². The van der Waals surface area contributed by atoms with Crippen molar-refractivity contribution in [2.45, 2.75) is 0 Å². The number of nitrogens with zero attached hydrogens (tertiary/aromatic N) is 8. The molecule has 1 saturated heterocycles. The Morgan fingerprint density at radius 2 is 1.81 bits per heavy atom. The number of aryl methyl sites for hydroxylation is 1. The van der Waals surface area contributed by atoms with Crippen LogP contribution >= 0.6 is 0 Å². The second-order valence-corrected chi connectivity index (χ2v) is 6.43. The van der Waals surface area contributed by atoms with E-state index in [4.69, 9.17) is 4.42 Å². The van der Waals surface area contributed by atoms with Gasteiger partial charge in [0.2, 0.25) is 0 Å². The molecule has 0 bridgehead atoms. The number of furan rings is 1. The third kappa shape index (κ3) is 2.77. The minimum atomic E-state index is 0.725. The van der Waals surface area contributed by atoms with Crippen LogP contribution in [0.4, 0.5) is 11.6 Å². The van der Waals surface area contributed by atoms with Crippen molar-refractivity contribution in [3.05, 3.63) is 43.1 Å². The van der Waals surface area contributed by atoms with Crippen LogP contribution in [-0.2, 0) is 7.05 Å². The van der Waals surface area contributed by atoms with Crippen LogP contribution in [0, 0.1) is 0 Å². The minimum absolute atomic E-state index is 0.725. The Morgan fingerprint density at radius 1 is 0.963 bits per heavy atom. The number of anilines is 2. The monoisotopic (exact) mass is 362 g/mol. The van der Waals surface area contributed by atoms with Crippen LogP contribution in [0.2, 0.25) is 0 Å². The summed E-state index contributed by atoms with van der Waals surface area (Å²) in [5.74, 6) is 2.54. The van der Waals surface area contributed by atoms with E-state index in [9.17, 15) is 0 Å². The molecule has 0 aliphatic carbocycles. The van der Waals surface area contributed by atoms with Gasteiger partial charge in [0.15, 0.2) is 17.2 Å². The molecule has 0 aromatic carbocycles. The zero-order valence-electron chi connectivity index (χ0n) is 14.9. The standard InChI is InChI=1S/C18H18N8O/c1-24-17-13(11-21-24)18(20-12-19-17)26-8-6-25(7-9-26)16-5-4-14(22-23-16)15-3-2-10-27-15/h2-5,10-12H,6-9H2,1H3. The Morgan fingerprint density at radius 3 is 2.56 bits per heavy atom. The lowest BCUT2D eigenvalue weighted by molar-refractivity contribution is 0.578. The minimum Gasteiger partial charge on any atom is -0.463 e. The van der Waals surface area contributed by atoms with Crippen LogP contribution < -0.4 is 9.80 Å². The van der Waals surface area contributed by atoms with Gasteiger partial charge in [0.05, 0.1) is 17.8 Å². The lowest BCUT2D eigenvalue weighted by Gasteiger charge is -2.35. The number of hydrogen-bond donors (Lipinski definition) is 0. The first-order chi connectivity index (χ1) is 13.3. The Hall–Kier alpha value is -3.49. The number of rotatable bonds is 3. The molecule has 27 heavy (non-hydrogen) atoms. The summed E-state index contributed by atoms with van der Waals surface area (Å²) < 4.78 is 7.13. The van der Waals surface area contributed by atoms with Gasteiger partial charge >= 0.3 is 0 Å². The topological polar surface area (TPSA) is 89.0 Å². The summed E-state index contributed by atoms with van der Waals surface area (Å²) in [5.41, 5.74) is 1.59. The first kappa shape index (κ1) is 15.7. The fraction of sp³-hybridized carbons (Fsp3) is 0.278. The molecular formula is C18H18N8O. The molecule has 0 amide bonds. The molecule has 5 rings (SSSR count). The number of piperazine rings is 1. The molecule has 9 heteroatoms. The molecule has 1 aliphatic heterocycles. The first-order valence-electron chi connectivity index (χ1n) is 8.80. The average Bonchev–Trinajstić information content (AvgIpc) is 3.39. The van der Waals surface area contributed by atoms with Crippen LogP contribution in [0.25, 0.3) is 22.5 Å². The maximum atomic E-state index is 5.36. The molecule has 4 aromatic heterocycles. The smallest absolute Gasteiger partial charge is 0.163 e. The van der Waals surface area contributed by atoms with Crippen LogP contribution in [0.3, 0.4) is 0 Å². The second-order valence-electron chi connectivity index (χ2n) is 6.43. The van der Waals surface area contributed by atoms with Crippen LogP contribution in [-0.4, -0.2) is 56.1 Å². The van der Waals surface area contributed by atoms with Gasteiger partial charge in [-0.3, -0.25) is 4.68 Å². The fourth-order valence-electron chi connectivity index (χ4n) is 3.40. The fourth-order valence-corrected chi connectivity index (χ4v) is 3.40. The van der Waals surface area contributed by atoms with E-state index in [0.717, 1.165) is 60.3 Å². The van der Waals surface area contributed by atoms with Gasteiger partial charge in [0.1, 0.15) is 17.8 Å². The summed E-state index contributed by atoms with van der Waals surface area (Å²) in [6.07, 6.45) is 5.07. The van der Waals surface area contributed by atoms with Crippen LogP contribution in [0.15, 0.2) is 47.5 Å². The molecule has 9 nitrogen and oxygen atoms in total. The summed E-state index contributed by atoms with van der Waals surface area (Å²) in [6, 6.07) is 7.65. The van der Waals surface area contributed by atoms with Crippen molar-refractivity contribution in [1.29, 1.82) is 0 Å². The van der Waals surface area contributed by atoms with E-state index < -0.39 is 0 Å². The maximum Gasteiger partial charge on any atom is 0.163 e. The van der Waals surface area contributed by atoms with Crippen molar-refractivity contribution in [3.8, 4) is 11.5 Å². The Labute approximate surface area is 155 Å². The average molecular weight is 362 g/mol. The zero-order valence-corrected chi connectivity index (χ0v) is 14.9. The van der Waals surface area contributed by atoms with Gasteiger partial charge in [-0.1, -0.05) is 0 Å². The second kappa shape index (κ2) is 6.35. The molecule has 5 heterocycles. The molecule has 0 atom stereocenters. The van der Waals surface area contributed by atoms with Gasteiger partial charge in [0, 0.05) is 33.2 Å². The molecule has 0 unspecified atom stereocenters. The molecule has 0 radical (unpaired) electrons. The number of hydrogen-bond acceptors (Lipinski definition) is 8. The van der Waals surface area contributed by atoms with Crippen molar-refractivity contribution < 1.29 is 4.42 Å². The van der Waals surface area contributed by atoms with E-state index in [1.54, 1.807) is 17.3 Å². The summed E-state index contributed by atoms with van der Waals surface area (Å²) in [5, 5.41) is 13.9. The molecule has 0 spiro atoms. The van der Waals surface area contributed by atoms with Gasteiger partial charge in [-0.05, 0) is 24.3 Å². The quantitative estimate of drug-likeness (QED) is 0.544. The molecule has 136 valence electrons. The van der Waals surface area contributed by atoms with Gasteiger partial charge in [-0.25, -0.2) is 9.97 Å². The predicted molar refractivity (Wildman–Crippen MR) is 100 cm³/mol. The molecule has 1 aliphatic rings. The Kier molecular flexibility index (Phi) is 3.70. The van der Waals surface area contributed by atoms with E-state index in [2.05, 4.69) is 35.1 Å². The maximum absolute atomic E-state index is 5.36. The largest absolute Gasteiger partial charge is 0.463 e.